The van der Waals surface area contributed by atoms with Gasteiger partial charge in [0.05, 0.1) is 16.3 Å². The first kappa shape index (κ1) is 17.7. The highest BCUT2D eigenvalue weighted by atomic mass is 32.1. The van der Waals surface area contributed by atoms with Gasteiger partial charge < -0.3 is 11.1 Å². The number of nitrogens with two attached hydrogens (primary N) is 1. The van der Waals surface area contributed by atoms with Crippen molar-refractivity contribution in [3.63, 3.8) is 0 Å². The van der Waals surface area contributed by atoms with E-state index in [1.165, 1.54) is 16.9 Å². The predicted molar refractivity (Wildman–Crippen MR) is 102 cm³/mol. The smallest absolute Gasteiger partial charge is 0.261 e. The lowest BCUT2D eigenvalue weighted by Crippen LogP contribution is -2.47. The van der Waals surface area contributed by atoms with Crippen molar-refractivity contribution >= 4 is 17.2 Å². The number of nitrogens with zero attached hydrogens (tertiary/aromatic N) is 1. The number of rotatable bonds is 4. The van der Waals surface area contributed by atoms with Crippen LogP contribution in [0.2, 0.25) is 0 Å². The molecule has 0 saturated carbocycles. The molecule has 1 amide bonds. The second-order valence-corrected chi connectivity index (χ2v) is 7.29. The molecule has 4 nitrogen and oxygen atoms in total. The van der Waals surface area contributed by atoms with Crippen LogP contribution in [0.1, 0.15) is 33.0 Å². The van der Waals surface area contributed by atoms with E-state index in [1.54, 1.807) is 0 Å². The van der Waals surface area contributed by atoms with E-state index in [2.05, 4.69) is 46.3 Å². The second kappa shape index (κ2) is 8.82. The third-order valence-corrected chi connectivity index (χ3v) is 5.23. The predicted octanol–water partition coefficient (Wildman–Crippen LogP) is 2.45. The monoisotopic (exact) mass is 353 g/mol. The Hall–Kier alpha value is -2.13. The van der Waals surface area contributed by atoms with Gasteiger partial charge in [-0.05, 0) is 37.1 Å². The van der Waals surface area contributed by atoms with Crippen LogP contribution in [0.4, 0.5) is 0 Å². The molecular weight excluding hydrogens is 330 g/mol. The molecule has 1 unspecified atom stereocenters. The molecule has 1 atom stereocenters. The van der Waals surface area contributed by atoms with Gasteiger partial charge in [0.25, 0.3) is 5.91 Å². The Bertz CT molecular complexity index is 760. The number of hydrogen-bond donors (Lipinski definition) is 2. The Morgan fingerprint density at radius 1 is 1.28 bits per heavy atom. The third-order valence-electron chi connectivity index (χ3n) is 4.23. The fraction of sp³-hybridized carbons (Fsp3) is 0.350. The lowest BCUT2D eigenvalue weighted by Gasteiger charge is -2.33. The summed E-state index contributed by atoms with van der Waals surface area (Å²) in [5.74, 6) is 5.79. The van der Waals surface area contributed by atoms with E-state index in [0.717, 1.165) is 37.4 Å². The molecule has 2 aromatic rings. The molecule has 0 spiro atoms. The zero-order chi connectivity index (χ0) is 17.5. The average Bonchev–Trinajstić information content (AvgIpc) is 3.10. The number of likely N-dealkylation sites (tertiary alicyclic amines) is 1. The zero-order valence-electron chi connectivity index (χ0n) is 14.2. The van der Waals surface area contributed by atoms with Crippen molar-refractivity contribution in [3.05, 3.63) is 57.8 Å². The topological polar surface area (TPSA) is 58.4 Å². The fourth-order valence-corrected chi connectivity index (χ4v) is 3.86. The minimum Gasteiger partial charge on any atom is -0.347 e. The van der Waals surface area contributed by atoms with Gasteiger partial charge in [-0.25, -0.2) is 0 Å². The first-order valence-corrected chi connectivity index (χ1v) is 9.42. The molecule has 1 aromatic carbocycles. The van der Waals surface area contributed by atoms with E-state index >= 15 is 0 Å². The van der Waals surface area contributed by atoms with Gasteiger partial charge in [-0.15, -0.1) is 11.3 Å². The summed E-state index contributed by atoms with van der Waals surface area (Å²) >= 11 is 1.42. The SMILES string of the molecule is NCC#Cc1ccc(C(=O)NC2CCCN(Cc3ccccc3)C2)s1. The van der Waals surface area contributed by atoms with Gasteiger partial charge in [-0.2, -0.15) is 0 Å². The van der Waals surface area contributed by atoms with Crippen LogP contribution in [0.3, 0.4) is 0 Å². The number of piperidine rings is 1. The average molecular weight is 353 g/mol. The maximum atomic E-state index is 12.5. The maximum absolute atomic E-state index is 12.5. The molecule has 1 aliphatic heterocycles. The summed E-state index contributed by atoms with van der Waals surface area (Å²) in [5.41, 5.74) is 6.70. The van der Waals surface area contributed by atoms with Crippen molar-refractivity contribution in [1.82, 2.24) is 10.2 Å². The van der Waals surface area contributed by atoms with E-state index in [0.29, 0.717) is 11.4 Å². The van der Waals surface area contributed by atoms with Gasteiger partial charge in [0.2, 0.25) is 0 Å². The first-order valence-electron chi connectivity index (χ1n) is 8.60. The van der Waals surface area contributed by atoms with Gasteiger partial charge in [0, 0.05) is 19.1 Å². The largest absolute Gasteiger partial charge is 0.347 e. The van der Waals surface area contributed by atoms with Crippen LogP contribution in [0, 0.1) is 11.8 Å². The van der Waals surface area contributed by atoms with Crippen LogP contribution in [-0.2, 0) is 6.54 Å². The normalized spacial score (nSPS) is 17.6. The van der Waals surface area contributed by atoms with E-state index in [9.17, 15) is 4.79 Å². The highest BCUT2D eigenvalue weighted by molar-refractivity contribution is 7.14. The highest BCUT2D eigenvalue weighted by Gasteiger charge is 2.22. The van der Waals surface area contributed by atoms with Gasteiger partial charge in [0.1, 0.15) is 0 Å². The van der Waals surface area contributed by atoms with Crippen LogP contribution < -0.4 is 11.1 Å². The number of thiophene rings is 1. The lowest BCUT2D eigenvalue weighted by atomic mass is 10.0. The molecule has 1 aromatic heterocycles. The molecule has 3 rings (SSSR count). The van der Waals surface area contributed by atoms with Crippen molar-refractivity contribution in [2.45, 2.75) is 25.4 Å². The van der Waals surface area contributed by atoms with E-state index < -0.39 is 0 Å². The number of carbonyl (C=O) groups excluding carboxylic acids is 1. The molecule has 130 valence electrons. The van der Waals surface area contributed by atoms with Gasteiger partial charge in [0.15, 0.2) is 0 Å². The molecule has 0 aliphatic carbocycles. The van der Waals surface area contributed by atoms with E-state index in [1.807, 2.05) is 18.2 Å². The van der Waals surface area contributed by atoms with Crippen LogP contribution in [0.25, 0.3) is 0 Å². The molecule has 1 fully saturated rings. The summed E-state index contributed by atoms with van der Waals surface area (Å²) in [6.07, 6.45) is 2.14. The summed E-state index contributed by atoms with van der Waals surface area (Å²) in [7, 11) is 0. The molecule has 1 aliphatic rings. The van der Waals surface area contributed by atoms with Gasteiger partial charge in [-0.1, -0.05) is 42.2 Å². The summed E-state index contributed by atoms with van der Waals surface area (Å²) in [6.45, 7) is 3.24. The number of carbonyl (C=O) groups is 1. The third kappa shape index (κ3) is 5.17. The van der Waals surface area contributed by atoms with Crippen LogP contribution in [-0.4, -0.2) is 36.5 Å². The minimum atomic E-state index is -0.00244. The summed E-state index contributed by atoms with van der Waals surface area (Å²) < 4.78 is 0. The molecule has 2 heterocycles. The van der Waals surface area contributed by atoms with Crippen LogP contribution >= 0.6 is 11.3 Å². The number of hydrogen-bond acceptors (Lipinski definition) is 4. The molecule has 0 radical (unpaired) electrons. The molecule has 3 N–H and O–H groups in total. The highest BCUT2D eigenvalue weighted by Crippen LogP contribution is 2.18. The Morgan fingerprint density at radius 2 is 2.12 bits per heavy atom. The first-order chi connectivity index (χ1) is 12.2. The number of nitrogens with one attached hydrogen (secondary N) is 1. The van der Waals surface area contributed by atoms with E-state index in [4.69, 9.17) is 5.73 Å². The minimum absolute atomic E-state index is 0.00244. The van der Waals surface area contributed by atoms with Crippen molar-refractivity contribution in [2.75, 3.05) is 19.6 Å². The molecular formula is C20H23N3OS. The second-order valence-electron chi connectivity index (χ2n) is 6.20. The van der Waals surface area contributed by atoms with Crippen molar-refractivity contribution in [1.29, 1.82) is 0 Å². The van der Waals surface area contributed by atoms with Crippen LogP contribution in [0.5, 0.6) is 0 Å². The standard InChI is InChI=1S/C20H23N3OS/c21-12-4-9-18-10-11-19(25-18)20(24)22-17-8-5-13-23(15-17)14-16-6-2-1-3-7-16/h1-3,6-7,10-11,17H,5,8,12-15,21H2,(H,22,24). The Kier molecular flexibility index (Phi) is 6.24. The lowest BCUT2D eigenvalue weighted by molar-refractivity contribution is 0.0905. The number of amides is 1. The summed E-state index contributed by atoms with van der Waals surface area (Å²) in [4.78, 5) is 16.5. The Balaban J connectivity index is 1.55. The molecule has 5 heteroatoms. The van der Waals surface area contributed by atoms with Crippen molar-refractivity contribution in [3.8, 4) is 11.8 Å². The molecule has 1 saturated heterocycles. The Morgan fingerprint density at radius 3 is 2.92 bits per heavy atom. The van der Waals surface area contributed by atoms with E-state index in [-0.39, 0.29) is 11.9 Å². The maximum Gasteiger partial charge on any atom is 0.261 e. The van der Waals surface area contributed by atoms with Gasteiger partial charge >= 0.3 is 0 Å². The Labute approximate surface area is 153 Å². The summed E-state index contributed by atoms with van der Waals surface area (Å²) in [5, 5.41) is 3.18. The van der Waals surface area contributed by atoms with Crippen molar-refractivity contribution < 1.29 is 4.79 Å². The van der Waals surface area contributed by atoms with Crippen molar-refractivity contribution in [2.24, 2.45) is 5.73 Å². The summed E-state index contributed by atoms with van der Waals surface area (Å²) in [6, 6.07) is 14.4. The molecule has 0 bridgehead atoms. The fourth-order valence-electron chi connectivity index (χ4n) is 3.08. The van der Waals surface area contributed by atoms with Gasteiger partial charge in [-0.3, -0.25) is 9.69 Å². The van der Waals surface area contributed by atoms with Crippen LogP contribution in [0.15, 0.2) is 42.5 Å². The molecule has 25 heavy (non-hydrogen) atoms. The quantitative estimate of drug-likeness (QED) is 0.830. The number of benzene rings is 1. The zero-order valence-corrected chi connectivity index (χ0v) is 15.0.